The number of nitrogens with zero attached hydrogens (tertiary/aromatic N) is 2. The summed E-state index contributed by atoms with van der Waals surface area (Å²) in [6, 6.07) is 17.4. The maximum atomic E-state index is 12.9. The minimum absolute atomic E-state index is 0.169. The maximum Gasteiger partial charge on any atom is 0.254 e. The van der Waals surface area contributed by atoms with Gasteiger partial charge in [0.25, 0.3) is 11.8 Å². The van der Waals surface area contributed by atoms with E-state index >= 15 is 0 Å². The first-order chi connectivity index (χ1) is 14.2. The minimum Gasteiger partial charge on any atom is -0.488 e. The first kappa shape index (κ1) is 17.9. The van der Waals surface area contributed by atoms with E-state index in [2.05, 4.69) is 17.3 Å². The summed E-state index contributed by atoms with van der Waals surface area (Å²) in [5, 5.41) is 5.38. The molecule has 1 aliphatic heterocycles. The molecule has 2 aromatic rings. The Labute approximate surface area is 169 Å². The SMILES string of the molecule is O=C1[C@@H]2[C@H](C(=O)N1/N=C\c1ccccc1OCc1ccccc1)[C@H]1C=C[C@H]2CC1. The summed E-state index contributed by atoms with van der Waals surface area (Å²) < 4.78 is 5.94. The minimum atomic E-state index is -0.243. The van der Waals surface area contributed by atoms with Crippen molar-refractivity contribution in [2.75, 3.05) is 0 Å². The zero-order valence-electron chi connectivity index (χ0n) is 16.0. The van der Waals surface area contributed by atoms with E-state index in [0.717, 1.165) is 29.0 Å². The summed E-state index contributed by atoms with van der Waals surface area (Å²) in [7, 11) is 0. The molecule has 0 spiro atoms. The number of benzene rings is 2. The quantitative estimate of drug-likeness (QED) is 0.446. The molecule has 5 nitrogen and oxygen atoms in total. The smallest absolute Gasteiger partial charge is 0.254 e. The molecule has 0 radical (unpaired) electrons. The number of hydrogen-bond donors (Lipinski definition) is 0. The van der Waals surface area contributed by atoms with Crippen molar-refractivity contribution in [2.45, 2.75) is 19.4 Å². The van der Waals surface area contributed by atoms with E-state index in [0.29, 0.717) is 12.4 Å². The molecule has 4 aliphatic rings. The predicted molar refractivity (Wildman–Crippen MR) is 109 cm³/mol. The fourth-order valence-electron chi connectivity index (χ4n) is 4.75. The Balaban J connectivity index is 1.34. The average Bonchev–Trinajstić information content (AvgIpc) is 3.05. The van der Waals surface area contributed by atoms with Crippen molar-refractivity contribution in [3.05, 3.63) is 77.9 Å². The number of hydrogen-bond acceptors (Lipinski definition) is 4. The van der Waals surface area contributed by atoms with Crippen molar-refractivity contribution in [3.63, 3.8) is 0 Å². The molecule has 2 aromatic carbocycles. The molecule has 4 atom stereocenters. The molecule has 146 valence electrons. The lowest BCUT2D eigenvalue weighted by atomic mass is 9.63. The molecule has 1 saturated heterocycles. The molecule has 0 unspecified atom stereocenters. The molecule has 2 amide bonds. The fraction of sp³-hybridized carbons (Fsp3) is 0.292. The van der Waals surface area contributed by atoms with E-state index < -0.39 is 0 Å². The van der Waals surface area contributed by atoms with Crippen molar-refractivity contribution < 1.29 is 14.3 Å². The number of ether oxygens (including phenoxy) is 1. The molecule has 1 heterocycles. The molecule has 2 bridgehead atoms. The second kappa shape index (κ2) is 7.32. The highest BCUT2D eigenvalue weighted by Gasteiger charge is 2.56. The van der Waals surface area contributed by atoms with E-state index in [9.17, 15) is 9.59 Å². The average molecular weight is 386 g/mol. The number of carbonyl (C=O) groups excluding carboxylic acids is 2. The highest BCUT2D eigenvalue weighted by Crippen LogP contribution is 2.49. The Bertz CT molecular complexity index is 966. The van der Waals surface area contributed by atoms with Crippen molar-refractivity contribution in [1.82, 2.24) is 5.01 Å². The van der Waals surface area contributed by atoms with Crippen molar-refractivity contribution in [3.8, 4) is 5.75 Å². The number of imide groups is 1. The van der Waals surface area contributed by atoms with Crippen LogP contribution in [0.2, 0.25) is 0 Å². The lowest BCUT2D eigenvalue weighted by molar-refractivity contribution is -0.140. The van der Waals surface area contributed by atoms with Crippen LogP contribution in [0.4, 0.5) is 0 Å². The van der Waals surface area contributed by atoms with Crippen LogP contribution in [0.5, 0.6) is 5.75 Å². The summed E-state index contributed by atoms with van der Waals surface area (Å²) in [6.07, 6.45) is 7.74. The Hall–Kier alpha value is -3.21. The molecule has 5 heteroatoms. The zero-order chi connectivity index (χ0) is 19.8. The van der Waals surface area contributed by atoms with Gasteiger partial charge < -0.3 is 4.74 Å². The molecule has 0 N–H and O–H groups in total. The van der Waals surface area contributed by atoms with Crippen LogP contribution in [-0.4, -0.2) is 23.0 Å². The molecule has 29 heavy (non-hydrogen) atoms. The van der Waals surface area contributed by atoms with Crippen LogP contribution in [0.25, 0.3) is 0 Å². The van der Waals surface area contributed by atoms with E-state index in [1.165, 1.54) is 0 Å². The third-order valence-corrected chi connectivity index (χ3v) is 6.20. The number of hydrazone groups is 1. The van der Waals surface area contributed by atoms with Gasteiger partial charge in [-0.25, -0.2) is 0 Å². The number of carbonyl (C=O) groups is 2. The first-order valence-electron chi connectivity index (χ1n) is 10.1. The van der Waals surface area contributed by atoms with Crippen LogP contribution in [0, 0.1) is 23.7 Å². The first-order valence-corrected chi connectivity index (χ1v) is 10.1. The van der Waals surface area contributed by atoms with Crippen LogP contribution in [0.3, 0.4) is 0 Å². The number of fused-ring (bicyclic) bond motifs is 1. The van der Waals surface area contributed by atoms with Gasteiger partial charge in [-0.05, 0) is 42.4 Å². The van der Waals surface area contributed by atoms with E-state index in [1.807, 2.05) is 54.6 Å². The number of allylic oxidation sites excluding steroid dienone is 2. The summed E-state index contributed by atoms with van der Waals surface area (Å²) in [4.78, 5) is 25.8. The highest BCUT2D eigenvalue weighted by atomic mass is 16.5. The zero-order valence-corrected chi connectivity index (χ0v) is 16.0. The Morgan fingerprint density at radius 1 is 0.897 bits per heavy atom. The van der Waals surface area contributed by atoms with Gasteiger partial charge in [0, 0.05) is 5.56 Å². The molecular formula is C24H22N2O3. The van der Waals surface area contributed by atoms with Gasteiger partial charge in [-0.15, -0.1) is 0 Å². The third-order valence-electron chi connectivity index (χ3n) is 6.20. The highest BCUT2D eigenvalue weighted by molar-refractivity contribution is 6.06. The van der Waals surface area contributed by atoms with Crippen molar-refractivity contribution >= 4 is 18.0 Å². The summed E-state index contributed by atoms with van der Waals surface area (Å²) >= 11 is 0. The van der Waals surface area contributed by atoms with Crippen LogP contribution in [-0.2, 0) is 16.2 Å². The lowest BCUT2D eigenvalue weighted by Gasteiger charge is -2.37. The van der Waals surface area contributed by atoms with E-state index in [-0.39, 0.29) is 35.5 Å². The Morgan fingerprint density at radius 3 is 2.17 bits per heavy atom. The van der Waals surface area contributed by atoms with Crippen molar-refractivity contribution in [1.29, 1.82) is 0 Å². The third kappa shape index (κ3) is 3.16. The van der Waals surface area contributed by atoms with Gasteiger partial charge in [-0.1, -0.05) is 54.6 Å². The number of rotatable bonds is 5. The fourth-order valence-corrected chi connectivity index (χ4v) is 4.75. The Kier molecular flexibility index (Phi) is 4.51. The van der Waals surface area contributed by atoms with Gasteiger partial charge in [0.05, 0.1) is 18.1 Å². The van der Waals surface area contributed by atoms with Crippen LogP contribution < -0.4 is 4.74 Å². The summed E-state index contributed by atoms with van der Waals surface area (Å²) in [5.41, 5.74) is 1.80. The monoisotopic (exact) mass is 386 g/mol. The molecule has 0 aromatic heterocycles. The van der Waals surface area contributed by atoms with Crippen molar-refractivity contribution in [2.24, 2.45) is 28.8 Å². The van der Waals surface area contributed by atoms with E-state index in [4.69, 9.17) is 4.74 Å². The van der Waals surface area contributed by atoms with Gasteiger partial charge in [0.15, 0.2) is 0 Å². The summed E-state index contributed by atoms with van der Waals surface area (Å²) in [6.45, 7) is 0.437. The normalized spacial score (nSPS) is 27.7. The molecule has 3 aliphatic carbocycles. The largest absolute Gasteiger partial charge is 0.488 e. The van der Waals surface area contributed by atoms with Gasteiger partial charge in [-0.3, -0.25) is 9.59 Å². The predicted octanol–water partition coefficient (Wildman–Crippen LogP) is 3.80. The number of para-hydroxylation sites is 1. The molecule has 1 saturated carbocycles. The second-order valence-corrected chi connectivity index (χ2v) is 7.89. The van der Waals surface area contributed by atoms with Crippen LogP contribution in [0.15, 0.2) is 71.9 Å². The van der Waals surface area contributed by atoms with E-state index in [1.54, 1.807) is 6.21 Å². The lowest BCUT2D eigenvalue weighted by Crippen LogP contribution is -2.38. The molecular weight excluding hydrogens is 364 g/mol. The van der Waals surface area contributed by atoms with Gasteiger partial charge >= 0.3 is 0 Å². The number of amides is 2. The van der Waals surface area contributed by atoms with Crippen LogP contribution in [0.1, 0.15) is 24.0 Å². The van der Waals surface area contributed by atoms with Gasteiger partial charge in [0.2, 0.25) is 0 Å². The topological polar surface area (TPSA) is 59.0 Å². The standard InChI is InChI=1S/C24H22N2O3/c27-23-21-17-10-11-18(13-12-17)22(21)24(28)26(23)25-14-19-8-4-5-9-20(19)29-15-16-6-2-1-3-7-16/h1-11,14,17-18,21-22H,12-13,15H2/b25-14-/t17-,18-,21-,22+/m0/s1. The molecule has 2 fully saturated rings. The van der Waals surface area contributed by atoms with Gasteiger partial charge in [-0.2, -0.15) is 10.1 Å². The van der Waals surface area contributed by atoms with Gasteiger partial charge in [0.1, 0.15) is 12.4 Å². The molecule has 6 rings (SSSR count). The second-order valence-electron chi connectivity index (χ2n) is 7.89. The Morgan fingerprint density at radius 2 is 1.52 bits per heavy atom. The maximum absolute atomic E-state index is 12.9. The summed E-state index contributed by atoms with van der Waals surface area (Å²) in [5.74, 6) is 0.182. The van der Waals surface area contributed by atoms with Crippen LogP contribution >= 0.6 is 0 Å².